The first kappa shape index (κ1) is 15.7. The molecule has 2 N–H and O–H groups in total. The Bertz CT molecular complexity index is 748. The van der Waals surface area contributed by atoms with Crippen LogP contribution in [-0.4, -0.2) is 41.4 Å². The fourth-order valence-corrected chi connectivity index (χ4v) is 2.80. The van der Waals surface area contributed by atoms with Crippen LogP contribution in [0.2, 0.25) is 0 Å². The van der Waals surface area contributed by atoms with Crippen LogP contribution >= 0.6 is 0 Å². The number of likely N-dealkylation sites (N-methyl/N-ethyl adjacent to an activating group) is 1. The third-order valence-electron chi connectivity index (χ3n) is 3.94. The van der Waals surface area contributed by atoms with Crippen molar-refractivity contribution in [1.82, 2.24) is 10.2 Å². The maximum Gasteiger partial charge on any atom is 0.323 e. The Morgan fingerprint density at radius 1 is 1.08 bits per heavy atom. The summed E-state index contributed by atoms with van der Waals surface area (Å²) in [6, 6.07) is 18.5. The predicted octanol–water partition coefficient (Wildman–Crippen LogP) is 1.43. The summed E-state index contributed by atoms with van der Waals surface area (Å²) in [5, 5.41) is 11.7. The van der Waals surface area contributed by atoms with Crippen molar-refractivity contribution in [1.29, 1.82) is 0 Å². The molecule has 0 fully saturated rings. The number of aliphatic carboxylic acids is 1. The maximum atomic E-state index is 12.9. The van der Waals surface area contributed by atoms with Gasteiger partial charge in [0.25, 0.3) is 5.91 Å². The number of carbonyl (C=O) groups is 2. The fourth-order valence-electron chi connectivity index (χ4n) is 2.80. The molecule has 0 saturated carbocycles. The third kappa shape index (κ3) is 2.62. The predicted molar refractivity (Wildman–Crippen MR) is 89.5 cm³/mol. The smallest absolute Gasteiger partial charge is 0.323 e. The van der Waals surface area contributed by atoms with Crippen molar-refractivity contribution in [3.05, 3.63) is 71.8 Å². The zero-order valence-electron chi connectivity index (χ0n) is 13.1. The Kier molecular flexibility index (Phi) is 4.04. The molecule has 2 aromatic carbocycles. The third-order valence-corrected chi connectivity index (χ3v) is 3.94. The Labute approximate surface area is 139 Å². The van der Waals surface area contributed by atoms with E-state index in [1.807, 2.05) is 60.7 Å². The first-order valence-electron chi connectivity index (χ1n) is 7.49. The van der Waals surface area contributed by atoms with E-state index in [1.165, 1.54) is 4.90 Å². The number of nitrogens with one attached hydrogen (secondary N) is 1. The number of aliphatic imine (C=N–C) groups is 1. The highest BCUT2D eigenvalue weighted by Crippen LogP contribution is 2.37. The summed E-state index contributed by atoms with van der Waals surface area (Å²) in [4.78, 5) is 29.9. The molecular formula is C18H17N3O3. The summed E-state index contributed by atoms with van der Waals surface area (Å²) < 4.78 is 0. The lowest BCUT2D eigenvalue weighted by Gasteiger charge is -2.24. The van der Waals surface area contributed by atoms with Crippen LogP contribution in [0.25, 0.3) is 0 Å². The standard InChI is InChI=1S/C18H17N3O3/c1-21(12-15(22)23)17-19-16(24)18(20-17,13-8-4-2-5-9-13)14-10-6-3-7-11-14/h2-11H,12H2,1H3,(H,22,23)(H,19,20,24). The molecule has 0 radical (unpaired) electrons. The highest BCUT2D eigenvalue weighted by molar-refractivity contribution is 6.10. The van der Waals surface area contributed by atoms with E-state index >= 15 is 0 Å². The van der Waals surface area contributed by atoms with Gasteiger partial charge in [-0.3, -0.25) is 14.9 Å². The average Bonchev–Trinajstić information content (AvgIpc) is 2.94. The van der Waals surface area contributed by atoms with Crippen LogP contribution in [0, 0.1) is 0 Å². The van der Waals surface area contributed by atoms with E-state index in [9.17, 15) is 9.59 Å². The number of guanidine groups is 1. The van der Waals surface area contributed by atoms with E-state index in [0.717, 1.165) is 11.1 Å². The van der Waals surface area contributed by atoms with E-state index < -0.39 is 11.5 Å². The molecule has 24 heavy (non-hydrogen) atoms. The number of benzene rings is 2. The minimum Gasteiger partial charge on any atom is -0.480 e. The molecule has 1 aliphatic rings. The topological polar surface area (TPSA) is 82.0 Å². The number of rotatable bonds is 4. The van der Waals surface area contributed by atoms with Crippen molar-refractivity contribution in [2.45, 2.75) is 5.54 Å². The molecule has 1 aliphatic heterocycles. The lowest BCUT2D eigenvalue weighted by Crippen LogP contribution is -2.43. The van der Waals surface area contributed by atoms with Gasteiger partial charge in [-0.2, -0.15) is 0 Å². The molecule has 6 nitrogen and oxygen atoms in total. The Balaban J connectivity index is 2.14. The maximum absolute atomic E-state index is 12.9. The number of carboxylic acids is 1. The summed E-state index contributed by atoms with van der Waals surface area (Å²) in [5.41, 5.74) is 0.241. The zero-order chi connectivity index (χ0) is 17.2. The number of carbonyl (C=O) groups excluding carboxylic acids is 1. The molecule has 1 heterocycles. The normalized spacial score (nSPS) is 15.5. The largest absolute Gasteiger partial charge is 0.480 e. The first-order valence-corrected chi connectivity index (χ1v) is 7.49. The van der Waals surface area contributed by atoms with Gasteiger partial charge in [-0.25, -0.2) is 4.99 Å². The average molecular weight is 323 g/mol. The molecule has 0 bridgehead atoms. The van der Waals surface area contributed by atoms with Gasteiger partial charge in [0, 0.05) is 7.05 Å². The van der Waals surface area contributed by atoms with Crippen molar-refractivity contribution < 1.29 is 14.7 Å². The van der Waals surface area contributed by atoms with Crippen molar-refractivity contribution in [3.63, 3.8) is 0 Å². The summed E-state index contributed by atoms with van der Waals surface area (Å²) in [7, 11) is 1.58. The first-order chi connectivity index (χ1) is 11.5. The van der Waals surface area contributed by atoms with E-state index in [1.54, 1.807) is 7.05 Å². The van der Waals surface area contributed by atoms with Crippen LogP contribution in [-0.2, 0) is 15.1 Å². The Hall–Kier alpha value is -3.15. The number of carboxylic acid groups (broad SMARTS) is 1. The van der Waals surface area contributed by atoms with Crippen molar-refractivity contribution in [3.8, 4) is 0 Å². The molecule has 0 saturated heterocycles. The van der Waals surface area contributed by atoms with Gasteiger partial charge in [-0.15, -0.1) is 0 Å². The molecule has 0 aromatic heterocycles. The summed E-state index contributed by atoms with van der Waals surface area (Å²) >= 11 is 0. The minimum absolute atomic E-state index is 0.245. The van der Waals surface area contributed by atoms with Crippen LogP contribution < -0.4 is 5.32 Å². The molecule has 122 valence electrons. The highest BCUT2D eigenvalue weighted by Gasteiger charge is 2.47. The van der Waals surface area contributed by atoms with Gasteiger partial charge in [0.05, 0.1) is 0 Å². The van der Waals surface area contributed by atoms with Gasteiger partial charge >= 0.3 is 5.97 Å². The number of amides is 1. The van der Waals surface area contributed by atoms with Gasteiger partial charge in [0.15, 0.2) is 5.54 Å². The highest BCUT2D eigenvalue weighted by atomic mass is 16.4. The monoisotopic (exact) mass is 323 g/mol. The summed E-state index contributed by atoms with van der Waals surface area (Å²) in [6.45, 7) is -0.251. The number of hydrogen-bond acceptors (Lipinski definition) is 4. The lowest BCUT2D eigenvalue weighted by molar-refractivity contribution is -0.137. The molecule has 0 aliphatic carbocycles. The summed E-state index contributed by atoms with van der Waals surface area (Å²) in [6.07, 6.45) is 0. The van der Waals surface area contributed by atoms with Crippen LogP contribution in [0.5, 0.6) is 0 Å². The molecule has 1 amide bonds. The molecular weight excluding hydrogens is 306 g/mol. The minimum atomic E-state index is -1.22. The van der Waals surface area contributed by atoms with Gasteiger partial charge in [0.2, 0.25) is 5.96 Å². The van der Waals surface area contributed by atoms with E-state index in [0.29, 0.717) is 0 Å². The lowest BCUT2D eigenvalue weighted by atomic mass is 9.83. The second-order valence-corrected chi connectivity index (χ2v) is 5.58. The van der Waals surface area contributed by atoms with Gasteiger partial charge in [-0.05, 0) is 11.1 Å². The van der Waals surface area contributed by atoms with Crippen LogP contribution in [0.3, 0.4) is 0 Å². The van der Waals surface area contributed by atoms with E-state index in [-0.39, 0.29) is 18.4 Å². The van der Waals surface area contributed by atoms with Crippen LogP contribution in [0.15, 0.2) is 65.7 Å². The quantitative estimate of drug-likeness (QED) is 0.892. The molecule has 0 spiro atoms. The van der Waals surface area contributed by atoms with Crippen molar-refractivity contribution >= 4 is 17.8 Å². The zero-order valence-corrected chi connectivity index (χ0v) is 13.1. The van der Waals surface area contributed by atoms with E-state index in [4.69, 9.17) is 5.11 Å². The van der Waals surface area contributed by atoms with E-state index in [2.05, 4.69) is 10.3 Å². The molecule has 0 unspecified atom stereocenters. The van der Waals surface area contributed by atoms with Crippen LogP contribution in [0.4, 0.5) is 0 Å². The molecule has 3 rings (SSSR count). The molecule has 0 atom stereocenters. The van der Waals surface area contributed by atoms with Crippen molar-refractivity contribution in [2.24, 2.45) is 4.99 Å². The number of hydrogen-bond donors (Lipinski definition) is 2. The molecule has 2 aromatic rings. The van der Waals surface area contributed by atoms with Crippen molar-refractivity contribution in [2.75, 3.05) is 13.6 Å². The van der Waals surface area contributed by atoms with Crippen LogP contribution in [0.1, 0.15) is 11.1 Å². The van der Waals surface area contributed by atoms with Gasteiger partial charge in [-0.1, -0.05) is 60.7 Å². The molecule has 6 heteroatoms. The second kappa shape index (κ2) is 6.16. The second-order valence-electron chi connectivity index (χ2n) is 5.58. The SMILES string of the molecule is CN(CC(=O)O)C1=NC(c2ccccc2)(c2ccccc2)C(=O)N1. The Morgan fingerprint density at radius 2 is 1.58 bits per heavy atom. The summed E-state index contributed by atoms with van der Waals surface area (Å²) in [5.74, 6) is -1.05. The van der Waals surface area contributed by atoms with Gasteiger partial charge in [0.1, 0.15) is 6.54 Å². The number of nitrogens with zero attached hydrogens (tertiary/aromatic N) is 2. The fraction of sp³-hybridized carbons (Fsp3) is 0.167. The van der Waals surface area contributed by atoms with Gasteiger partial charge < -0.3 is 10.0 Å². The Morgan fingerprint density at radius 3 is 2.04 bits per heavy atom.